The minimum Gasteiger partial charge on any atom is -0.344 e. The molecule has 92 valence electrons. The molecule has 0 aliphatic carbocycles. The Kier molecular flexibility index (Phi) is 3.64. The zero-order valence-electron chi connectivity index (χ0n) is 9.54. The summed E-state index contributed by atoms with van der Waals surface area (Å²) in [4.78, 5) is 13.3. The molecule has 1 aliphatic heterocycles. The number of hydrogen-bond acceptors (Lipinski definition) is 2. The number of likely N-dealkylation sites (N-methyl/N-ethyl adjacent to an activating group) is 1. The molecule has 1 heterocycles. The van der Waals surface area contributed by atoms with Gasteiger partial charge in [0.2, 0.25) is 5.91 Å². The second-order valence-corrected chi connectivity index (χ2v) is 4.59. The van der Waals surface area contributed by atoms with E-state index in [1.165, 1.54) is 6.07 Å². The molecule has 1 atom stereocenters. The maximum atomic E-state index is 13.5. The predicted octanol–water partition coefficient (Wildman–Crippen LogP) is 1.80. The van der Waals surface area contributed by atoms with Gasteiger partial charge in [-0.1, -0.05) is 17.7 Å². The minimum atomic E-state index is -0.344. The van der Waals surface area contributed by atoms with Gasteiger partial charge in [-0.3, -0.25) is 4.79 Å². The number of carbonyl (C=O) groups excluding carboxylic acids is 1. The minimum absolute atomic E-state index is 0.0532. The van der Waals surface area contributed by atoms with Gasteiger partial charge in [-0.15, -0.1) is 0 Å². The Labute approximate surface area is 105 Å². The summed E-state index contributed by atoms with van der Waals surface area (Å²) in [6.07, 6.45) is 0.751. The number of halogens is 2. The van der Waals surface area contributed by atoms with Gasteiger partial charge in [-0.2, -0.15) is 0 Å². The lowest BCUT2D eigenvalue weighted by atomic mass is 10.2. The lowest BCUT2D eigenvalue weighted by molar-refractivity contribution is -0.128. The molecule has 1 unspecified atom stereocenters. The highest BCUT2D eigenvalue weighted by atomic mass is 35.5. The lowest BCUT2D eigenvalue weighted by Crippen LogP contribution is -2.36. The van der Waals surface area contributed by atoms with E-state index < -0.39 is 0 Å². The number of carbonyl (C=O) groups is 1. The molecule has 1 amide bonds. The summed E-state index contributed by atoms with van der Waals surface area (Å²) in [5.74, 6) is -0.290. The van der Waals surface area contributed by atoms with Crippen molar-refractivity contribution in [3.63, 3.8) is 0 Å². The van der Waals surface area contributed by atoms with Crippen molar-refractivity contribution in [3.8, 4) is 0 Å². The molecule has 1 fully saturated rings. The van der Waals surface area contributed by atoms with Gasteiger partial charge in [0.05, 0.1) is 6.04 Å². The largest absolute Gasteiger partial charge is 0.344 e. The van der Waals surface area contributed by atoms with Crippen LogP contribution in [0.4, 0.5) is 4.39 Å². The van der Waals surface area contributed by atoms with E-state index in [2.05, 4.69) is 5.32 Å². The molecule has 0 aromatic heterocycles. The van der Waals surface area contributed by atoms with Crippen LogP contribution in [0.5, 0.6) is 0 Å². The van der Waals surface area contributed by atoms with Crippen LogP contribution in [0.1, 0.15) is 12.0 Å². The highest BCUT2D eigenvalue weighted by Gasteiger charge is 2.28. The van der Waals surface area contributed by atoms with E-state index >= 15 is 0 Å². The Morgan fingerprint density at radius 2 is 2.35 bits per heavy atom. The molecule has 3 nitrogen and oxygen atoms in total. The Morgan fingerprint density at radius 3 is 2.94 bits per heavy atom. The molecule has 1 saturated heterocycles. The number of nitrogens with zero attached hydrogens (tertiary/aromatic N) is 1. The number of likely N-dealkylation sites (tertiary alicyclic amines) is 1. The summed E-state index contributed by atoms with van der Waals surface area (Å²) in [5, 5.41) is 3.43. The van der Waals surface area contributed by atoms with Crippen LogP contribution < -0.4 is 5.32 Å². The van der Waals surface area contributed by atoms with E-state index in [4.69, 9.17) is 11.6 Å². The van der Waals surface area contributed by atoms with Gasteiger partial charge in [0.15, 0.2) is 0 Å². The molecule has 0 spiro atoms. The molecule has 1 aliphatic rings. The average molecular weight is 257 g/mol. The maximum absolute atomic E-state index is 13.5. The second kappa shape index (κ2) is 5.02. The normalized spacial score (nSPS) is 20.1. The molecule has 2 rings (SSSR count). The summed E-state index contributed by atoms with van der Waals surface area (Å²) in [6.45, 7) is 1.01. The van der Waals surface area contributed by atoms with Gasteiger partial charge < -0.3 is 10.2 Å². The highest BCUT2D eigenvalue weighted by Crippen LogP contribution is 2.19. The van der Waals surface area contributed by atoms with Crippen molar-refractivity contribution in [1.29, 1.82) is 0 Å². The smallest absolute Gasteiger partial charge is 0.239 e. The van der Waals surface area contributed by atoms with E-state index in [9.17, 15) is 9.18 Å². The third-order valence-corrected chi connectivity index (χ3v) is 3.37. The fraction of sp³-hybridized carbons (Fsp3) is 0.417. The molecular weight excluding hydrogens is 243 g/mol. The van der Waals surface area contributed by atoms with E-state index in [0.717, 1.165) is 13.0 Å². The fourth-order valence-electron chi connectivity index (χ4n) is 1.94. The number of nitrogens with one attached hydrogen (secondary N) is 1. The molecule has 1 N–H and O–H groups in total. The van der Waals surface area contributed by atoms with Gasteiger partial charge >= 0.3 is 0 Å². The number of amides is 1. The lowest BCUT2D eigenvalue weighted by Gasteiger charge is -2.13. The average Bonchev–Trinajstić information content (AvgIpc) is 2.60. The van der Waals surface area contributed by atoms with E-state index in [0.29, 0.717) is 10.6 Å². The van der Waals surface area contributed by atoms with Crippen molar-refractivity contribution >= 4 is 17.5 Å². The van der Waals surface area contributed by atoms with Crippen molar-refractivity contribution in [2.45, 2.75) is 19.0 Å². The molecule has 1 aromatic carbocycles. The van der Waals surface area contributed by atoms with Crippen LogP contribution in [0, 0.1) is 5.82 Å². The summed E-state index contributed by atoms with van der Waals surface area (Å²) >= 11 is 5.90. The molecule has 0 bridgehead atoms. The number of hydrogen-bond donors (Lipinski definition) is 1. The quantitative estimate of drug-likeness (QED) is 0.895. The molecule has 0 saturated carbocycles. The van der Waals surface area contributed by atoms with Crippen LogP contribution in [-0.4, -0.2) is 30.4 Å². The first-order valence-corrected chi connectivity index (χ1v) is 5.88. The van der Waals surface area contributed by atoms with Crippen molar-refractivity contribution < 1.29 is 9.18 Å². The van der Waals surface area contributed by atoms with Gasteiger partial charge in [0.1, 0.15) is 5.82 Å². The van der Waals surface area contributed by atoms with Crippen molar-refractivity contribution in [2.75, 3.05) is 13.6 Å². The van der Waals surface area contributed by atoms with Crippen molar-refractivity contribution in [1.82, 2.24) is 10.2 Å². The molecular formula is C12H14ClFN2O. The number of rotatable bonds is 3. The summed E-state index contributed by atoms with van der Waals surface area (Å²) in [5.41, 5.74) is 0.413. The Bertz CT molecular complexity index is 418. The second-order valence-electron chi connectivity index (χ2n) is 4.18. The summed E-state index contributed by atoms with van der Waals surface area (Å²) < 4.78 is 13.5. The summed E-state index contributed by atoms with van der Waals surface area (Å²) in [7, 11) is 1.76. The van der Waals surface area contributed by atoms with Gasteiger partial charge in [-0.05, 0) is 18.6 Å². The standard InChI is InChI=1S/C12H14ClFN2O/c1-16-6-5-11(12(16)17)15-7-8-9(13)3-2-4-10(8)14/h2-4,11,15H,5-7H2,1H3. The van der Waals surface area contributed by atoms with Crippen LogP contribution in [0.15, 0.2) is 18.2 Å². The van der Waals surface area contributed by atoms with Gasteiger partial charge in [-0.25, -0.2) is 4.39 Å². The molecule has 0 radical (unpaired) electrons. The Morgan fingerprint density at radius 1 is 1.59 bits per heavy atom. The SMILES string of the molecule is CN1CCC(NCc2c(F)cccc2Cl)C1=O. The topological polar surface area (TPSA) is 32.3 Å². The third-order valence-electron chi connectivity index (χ3n) is 3.01. The van der Waals surface area contributed by atoms with Crippen LogP contribution in [0.25, 0.3) is 0 Å². The van der Waals surface area contributed by atoms with E-state index in [-0.39, 0.29) is 24.3 Å². The zero-order valence-corrected chi connectivity index (χ0v) is 10.3. The van der Waals surface area contributed by atoms with Crippen molar-refractivity contribution in [3.05, 3.63) is 34.6 Å². The van der Waals surface area contributed by atoms with Gasteiger partial charge in [0, 0.05) is 30.7 Å². The first kappa shape index (κ1) is 12.3. The number of benzene rings is 1. The molecule has 1 aromatic rings. The van der Waals surface area contributed by atoms with E-state index in [1.54, 1.807) is 24.1 Å². The van der Waals surface area contributed by atoms with Crippen LogP contribution >= 0.6 is 11.6 Å². The third kappa shape index (κ3) is 2.58. The first-order valence-electron chi connectivity index (χ1n) is 5.51. The van der Waals surface area contributed by atoms with Crippen LogP contribution in [0.3, 0.4) is 0 Å². The first-order chi connectivity index (χ1) is 8.09. The fourth-order valence-corrected chi connectivity index (χ4v) is 2.17. The zero-order chi connectivity index (χ0) is 12.4. The predicted molar refractivity (Wildman–Crippen MR) is 64.3 cm³/mol. The molecule has 5 heteroatoms. The van der Waals surface area contributed by atoms with Crippen LogP contribution in [-0.2, 0) is 11.3 Å². The Balaban J connectivity index is 2.01. The summed E-state index contributed by atoms with van der Waals surface area (Å²) in [6, 6.07) is 4.35. The van der Waals surface area contributed by atoms with Crippen LogP contribution in [0.2, 0.25) is 5.02 Å². The Hall–Kier alpha value is -1.13. The maximum Gasteiger partial charge on any atom is 0.239 e. The highest BCUT2D eigenvalue weighted by molar-refractivity contribution is 6.31. The van der Waals surface area contributed by atoms with Gasteiger partial charge in [0.25, 0.3) is 0 Å². The van der Waals surface area contributed by atoms with Crippen molar-refractivity contribution in [2.24, 2.45) is 0 Å². The monoisotopic (exact) mass is 256 g/mol. The molecule has 17 heavy (non-hydrogen) atoms. The van der Waals surface area contributed by atoms with E-state index in [1.807, 2.05) is 0 Å².